The van der Waals surface area contributed by atoms with Crippen LogP contribution in [0, 0.1) is 0 Å². The van der Waals surface area contributed by atoms with Gasteiger partial charge in [-0.3, -0.25) is 10.1 Å². The molecule has 7 heteroatoms. The zero-order valence-corrected chi connectivity index (χ0v) is 12.0. The van der Waals surface area contributed by atoms with Crippen molar-refractivity contribution in [2.45, 2.75) is 12.8 Å². The average molecular weight is 290 g/mol. The van der Waals surface area contributed by atoms with Gasteiger partial charge in [-0.1, -0.05) is 12.1 Å². The van der Waals surface area contributed by atoms with Gasteiger partial charge in [0.25, 0.3) is 0 Å². The number of para-hydroxylation sites is 2. The number of H-pyrrole nitrogens is 1. The fraction of sp³-hybridized carbons (Fsp3) is 0.357. The van der Waals surface area contributed by atoms with Gasteiger partial charge < -0.3 is 14.6 Å². The number of benzene rings is 1. The molecular weight excluding hydrogens is 272 g/mol. The third-order valence-electron chi connectivity index (χ3n) is 3.11. The highest BCUT2D eigenvalue weighted by Gasteiger charge is 2.14. The number of hydrogen-bond acceptors (Lipinski definition) is 4. The summed E-state index contributed by atoms with van der Waals surface area (Å²) in [5.41, 5.74) is 1.68. The molecule has 2 aromatic rings. The highest BCUT2D eigenvalue weighted by Crippen LogP contribution is 2.13. The summed E-state index contributed by atoms with van der Waals surface area (Å²) in [5, 5.41) is 2.45. The van der Waals surface area contributed by atoms with E-state index in [0.717, 1.165) is 30.4 Å². The standard InChI is InChI=1S/C9H9N3O2.C5H9NO/c1-14-9(13)12-8-10-6-4-2-3-5-7(6)11-8;1-6-4-2-3-5(6)7/h2-5H,1H3,(H2,10,11,12,13);2-4H2,1H3. The molecule has 0 spiro atoms. The van der Waals surface area contributed by atoms with Crippen LogP contribution in [0.25, 0.3) is 11.0 Å². The summed E-state index contributed by atoms with van der Waals surface area (Å²) in [5.74, 6) is 0.679. The molecule has 0 atom stereocenters. The Hall–Kier alpha value is -2.57. The third-order valence-corrected chi connectivity index (χ3v) is 3.11. The number of imidazole rings is 1. The summed E-state index contributed by atoms with van der Waals surface area (Å²) >= 11 is 0. The Morgan fingerprint density at radius 1 is 1.43 bits per heavy atom. The number of fused-ring (bicyclic) bond motifs is 1. The zero-order chi connectivity index (χ0) is 15.2. The molecule has 112 valence electrons. The number of methoxy groups -OCH3 is 1. The lowest BCUT2D eigenvalue weighted by Gasteiger charge is -2.03. The van der Waals surface area contributed by atoms with Gasteiger partial charge in [-0.15, -0.1) is 0 Å². The van der Waals surface area contributed by atoms with Gasteiger partial charge in [-0.25, -0.2) is 9.78 Å². The number of amides is 2. The topological polar surface area (TPSA) is 87.3 Å². The van der Waals surface area contributed by atoms with Crippen molar-refractivity contribution in [3.8, 4) is 0 Å². The van der Waals surface area contributed by atoms with Crippen molar-refractivity contribution in [2.75, 3.05) is 26.0 Å². The van der Waals surface area contributed by atoms with Crippen LogP contribution < -0.4 is 5.32 Å². The van der Waals surface area contributed by atoms with E-state index in [0.29, 0.717) is 11.9 Å². The van der Waals surface area contributed by atoms with Crippen molar-refractivity contribution in [1.29, 1.82) is 0 Å². The van der Waals surface area contributed by atoms with E-state index in [2.05, 4.69) is 20.0 Å². The summed E-state index contributed by atoms with van der Waals surface area (Å²) in [6, 6.07) is 7.51. The SMILES string of the molecule is CN1CCCC1=O.COC(=O)Nc1nc2ccccc2[nH]1. The van der Waals surface area contributed by atoms with Crippen LogP contribution in [0.3, 0.4) is 0 Å². The van der Waals surface area contributed by atoms with E-state index < -0.39 is 6.09 Å². The minimum atomic E-state index is -0.538. The Kier molecular flexibility index (Phi) is 4.76. The quantitative estimate of drug-likeness (QED) is 0.840. The van der Waals surface area contributed by atoms with Gasteiger partial charge in [0.05, 0.1) is 18.1 Å². The van der Waals surface area contributed by atoms with Crippen molar-refractivity contribution in [3.63, 3.8) is 0 Å². The molecule has 0 bridgehead atoms. The van der Waals surface area contributed by atoms with Crippen LogP contribution >= 0.6 is 0 Å². The lowest BCUT2D eigenvalue weighted by atomic mass is 10.3. The minimum absolute atomic E-state index is 0.292. The van der Waals surface area contributed by atoms with Gasteiger partial charge in [0.1, 0.15) is 0 Å². The summed E-state index contributed by atoms with van der Waals surface area (Å²) in [4.78, 5) is 30.2. The molecule has 0 saturated carbocycles. The highest BCUT2D eigenvalue weighted by molar-refractivity contribution is 5.86. The van der Waals surface area contributed by atoms with Crippen molar-refractivity contribution in [2.24, 2.45) is 0 Å². The normalized spacial score (nSPS) is 13.8. The lowest BCUT2D eigenvalue weighted by Crippen LogP contribution is -2.17. The molecule has 2 amide bonds. The van der Waals surface area contributed by atoms with E-state index in [1.807, 2.05) is 31.3 Å². The fourth-order valence-corrected chi connectivity index (χ4v) is 1.94. The molecule has 2 heterocycles. The van der Waals surface area contributed by atoms with Crippen LogP contribution in [-0.4, -0.2) is 47.6 Å². The van der Waals surface area contributed by atoms with Crippen LogP contribution in [0.15, 0.2) is 24.3 Å². The van der Waals surface area contributed by atoms with E-state index >= 15 is 0 Å². The first-order valence-corrected chi connectivity index (χ1v) is 6.64. The maximum atomic E-state index is 10.9. The molecule has 1 fully saturated rings. The highest BCUT2D eigenvalue weighted by atomic mass is 16.5. The Balaban J connectivity index is 0.000000194. The second kappa shape index (κ2) is 6.74. The average Bonchev–Trinajstić information content (AvgIpc) is 3.05. The first-order valence-electron chi connectivity index (χ1n) is 6.64. The molecule has 1 saturated heterocycles. The van der Waals surface area contributed by atoms with Crippen molar-refractivity contribution < 1.29 is 14.3 Å². The largest absolute Gasteiger partial charge is 0.453 e. The van der Waals surface area contributed by atoms with Crippen molar-refractivity contribution >= 4 is 29.0 Å². The van der Waals surface area contributed by atoms with Crippen LogP contribution in [0.5, 0.6) is 0 Å². The molecule has 0 radical (unpaired) electrons. The van der Waals surface area contributed by atoms with Gasteiger partial charge in [-0.2, -0.15) is 0 Å². The molecule has 1 aromatic heterocycles. The van der Waals surface area contributed by atoms with Gasteiger partial charge in [0.15, 0.2) is 0 Å². The number of hydrogen-bond donors (Lipinski definition) is 2. The zero-order valence-electron chi connectivity index (χ0n) is 12.0. The first kappa shape index (κ1) is 14.8. The van der Waals surface area contributed by atoms with Gasteiger partial charge in [-0.05, 0) is 18.6 Å². The minimum Gasteiger partial charge on any atom is -0.453 e. The number of aromatic nitrogens is 2. The number of rotatable bonds is 1. The van der Waals surface area contributed by atoms with Crippen LogP contribution in [0.2, 0.25) is 0 Å². The number of anilines is 1. The molecule has 7 nitrogen and oxygen atoms in total. The van der Waals surface area contributed by atoms with Crippen LogP contribution in [0.1, 0.15) is 12.8 Å². The maximum absolute atomic E-state index is 10.9. The van der Waals surface area contributed by atoms with Crippen LogP contribution in [0.4, 0.5) is 10.7 Å². The second-order valence-corrected chi connectivity index (χ2v) is 4.64. The molecule has 0 aliphatic carbocycles. The number of nitrogens with one attached hydrogen (secondary N) is 2. The maximum Gasteiger partial charge on any atom is 0.413 e. The molecular formula is C14H18N4O3. The molecule has 1 aliphatic rings. The van der Waals surface area contributed by atoms with Crippen molar-refractivity contribution in [1.82, 2.24) is 14.9 Å². The van der Waals surface area contributed by atoms with Crippen molar-refractivity contribution in [3.05, 3.63) is 24.3 Å². The van der Waals surface area contributed by atoms with Gasteiger partial charge >= 0.3 is 6.09 Å². The second-order valence-electron chi connectivity index (χ2n) is 4.64. The smallest absolute Gasteiger partial charge is 0.413 e. The summed E-state index contributed by atoms with van der Waals surface area (Å²) in [6.45, 7) is 0.957. The predicted octanol–water partition coefficient (Wildman–Crippen LogP) is 1.98. The Morgan fingerprint density at radius 2 is 2.19 bits per heavy atom. The lowest BCUT2D eigenvalue weighted by molar-refractivity contribution is -0.126. The Labute approximate surface area is 122 Å². The number of carbonyl (C=O) groups is 2. The number of ether oxygens (including phenoxy) is 1. The first-order chi connectivity index (χ1) is 10.1. The summed E-state index contributed by atoms with van der Waals surface area (Å²) < 4.78 is 4.44. The molecule has 1 aliphatic heterocycles. The van der Waals surface area contributed by atoms with Gasteiger partial charge in [0.2, 0.25) is 11.9 Å². The van der Waals surface area contributed by atoms with E-state index in [4.69, 9.17) is 0 Å². The molecule has 2 N–H and O–H groups in total. The number of aromatic amines is 1. The fourth-order valence-electron chi connectivity index (χ4n) is 1.94. The molecule has 21 heavy (non-hydrogen) atoms. The van der Waals surface area contributed by atoms with Gasteiger partial charge in [0, 0.05) is 20.0 Å². The molecule has 0 unspecified atom stereocenters. The summed E-state index contributed by atoms with van der Waals surface area (Å²) in [7, 11) is 3.15. The van der Waals surface area contributed by atoms with E-state index in [1.54, 1.807) is 4.90 Å². The van der Waals surface area contributed by atoms with E-state index in [1.165, 1.54) is 7.11 Å². The van der Waals surface area contributed by atoms with E-state index in [9.17, 15) is 9.59 Å². The van der Waals surface area contributed by atoms with E-state index in [-0.39, 0.29) is 0 Å². The summed E-state index contributed by atoms with van der Waals surface area (Å²) in [6.07, 6.45) is 1.27. The molecule has 3 rings (SSSR count). The van der Waals surface area contributed by atoms with Crippen LogP contribution in [-0.2, 0) is 9.53 Å². The Morgan fingerprint density at radius 3 is 2.71 bits per heavy atom. The number of likely N-dealkylation sites (tertiary alicyclic amines) is 1. The number of carbonyl (C=O) groups excluding carboxylic acids is 2. The Bertz CT molecular complexity index is 605. The monoisotopic (exact) mass is 290 g/mol. The third kappa shape index (κ3) is 3.95. The predicted molar refractivity (Wildman–Crippen MR) is 79.0 cm³/mol. The molecule has 1 aromatic carbocycles. The number of nitrogens with zero attached hydrogens (tertiary/aromatic N) is 2.